The van der Waals surface area contributed by atoms with Crippen molar-refractivity contribution in [2.75, 3.05) is 0 Å². The molecule has 0 saturated carbocycles. The van der Waals surface area contributed by atoms with Gasteiger partial charge in [0.05, 0.1) is 23.1 Å². The van der Waals surface area contributed by atoms with Gasteiger partial charge in [0.1, 0.15) is 0 Å². The smallest absolute Gasteiger partial charge is 0.548 e. The van der Waals surface area contributed by atoms with E-state index in [1.54, 1.807) is 0 Å². The van der Waals surface area contributed by atoms with Gasteiger partial charge in [-0.3, -0.25) is 9.11 Å². The molecule has 0 spiro atoms. The van der Waals surface area contributed by atoms with Crippen LogP contribution in [0.4, 0.5) is 43.9 Å². The number of aliphatic carboxylic acids is 2. The van der Waals surface area contributed by atoms with Crippen LogP contribution in [0.15, 0.2) is 0 Å². The van der Waals surface area contributed by atoms with Crippen LogP contribution in [-0.4, -0.2) is 75.6 Å². The van der Waals surface area contributed by atoms with E-state index >= 15 is 0 Å². The fourth-order valence-corrected chi connectivity index (χ4v) is 3.98. The van der Waals surface area contributed by atoms with Crippen LogP contribution in [-0.2, 0) is 29.8 Å². The summed E-state index contributed by atoms with van der Waals surface area (Å²) < 4.78 is 189. The van der Waals surface area contributed by atoms with Crippen molar-refractivity contribution in [1.82, 2.24) is 0 Å². The Labute approximate surface area is 238 Å². The number of rotatable bonds is 6. The average Bonchev–Trinajstić information content (AvgIpc) is 2.77. The molecule has 0 heterocycles. The Kier molecular flexibility index (Phi) is 12.2. The summed E-state index contributed by atoms with van der Waals surface area (Å²) in [4.78, 5) is 20.9. The monoisotopic (exact) mass is 650 g/mol. The summed E-state index contributed by atoms with van der Waals surface area (Å²) in [6.45, 7) is 0. The predicted octanol–water partition coefficient (Wildman–Crippen LogP) is -0.259. The van der Waals surface area contributed by atoms with Crippen molar-refractivity contribution in [3.8, 4) is 0 Å². The Morgan fingerprint density at radius 3 is 0.769 bits per heavy atom. The molecule has 0 bridgehead atoms. The first-order valence-corrected chi connectivity index (χ1v) is 11.4. The second-order valence-corrected chi connectivity index (χ2v) is 9.40. The summed E-state index contributed by atoms with van der Waals surface area (Å²) in [5.74, 6) is -31.7. The quantitative estimate of drug-likeness (QED) is 0.139. The minimum atomic E-state index is -5.71. The molecule has 2 aromatic carbocycles. The number of carbonyl (C=O) groups is 2. The van der Waals surface area contributed by atoms with Gasteiger partial charge in [-0.1, -0.05) is 0 Å². The Bertz CT molecular complexity index is 1380. The second-order valence-electron chi connectivity index (χ2n) is 6.40. The van der Waals surface area contributed by atoms with E-state index < -0.39 is 112 Å². The van der Waals surface area contributed by atoms with Gasteiger partial charge in [-0.2, -0.15) is 16.8 Å². The molecule has 23 heteroatoms. The van der Waals surface area contributed by atoms with E-state index in [-0.39, 0.29) is 37.7 Å². The van der Waals surface area contributed by atoms with Gasteiger partial charge in [0.15, 0.2) is 57.0 Å². The standard InChI is InChI=1S/2C8H3F5O5S.Ca/c2*9-2-1(7(8(14)15)19(16,17)18)3(10)5(12)6(13)4(2)11;/h2*7H,(H,14,15)(H,16,17,18);/q;;+2/p-2. The summed E-state index contributed by atoms with van der Waals surface area (Å²) in [6.07, 6.45) is 0. The molecule has 0 aliphatic heterocycles. The minimum absolute atomic E-state index is 0. The topological polar surface area (TPSA) is 189 Å². The van der Waals surface area contributed by atoms with Crippen LogP contribution in [0.3, 0.4) is 0 Å². The summed E-state index contributed by atoms with van der Waals surface area (Å²) in [6, 6.07) is 0. The number of benzene rings is 2. The van der Waals surface area contributed by atoms with E-state index in [1.165, 1.54) is 0 Å². The Morgan fingerprint density at radius 1 is 0.487 bits per heavy atom. The van der Waals surface area contributed by atoms with Gasteiger partial charge in [-0.05, 0) is 0 Å². The molecule has 0 aliphatic carbocycles. The molecular weight excluding hydrogens is 646 g/mol. The maximum Gasteiger partial charge on any atom is 2.00 e. The van der Waals surface area contributed by atoms with Crippen molar-refractivity contribution >= 4 is 69.9 Å². The third kappa shape index (κ3) is 7.49. The molecule has 2 aromatic rings. The van der Waals surface area contributed by atoms with Gasteiger partial charge in [0.2, 0.25) is 11.6 Å². The number of carboxylic acid groups (broad SMARTS) is 2. The van der Waals surface area contributed by atoms with Crippen molar-refractivity contribution in [1.29, 1.82) is 0 Å². The van der Waals surface area contributed by atoms with E-state index in [0.29, 0.717) is 0 Å². The maximum absolute atomic E-state index is 13.2. The van der Waals surface area contributed by atoms with Crippen molar-refractivity contribution in [3.63, 3.8) is 0 Å². The molecule has 0 radical (unpaired) electrons. The van der Waals surface area contributed by atoms with Crippen molar-refractivity contribution in [2.24, 2.45) is 0 Å². The number of halogens is 10. The molecule has 0 fully saturated rings. The van der Waals surface area contributed by atoms with Crippen LogP contribution in [0.5, 0.6) is 0 Å². The van der Waals surface area contributed by atoms with Crippen molar-refractivity contribution < 1.29 is 89.6 Å². The first-order valence-electron chi connectivity index (χ1n) is 8.36. The van der Waals surface area contributed by atoms with Gasteiger partial charge in [-0.15, -0.1) is 0 Å². The van der Waals surface area contributed by atoms with Gasteiger partial charge < -0.3 is 19.8 Å². The van der Waals surface area contributed by atoms with Crippen LogP contribution < -0.4 is 10.2 Å². The third-order valence-corrected chi connectivity index (χ3v) is 6.08. The largest absolute Gasteiger partial charge is 2.00 e. The molecule has 0 amide bonds. The molecule has 2 N–H and O–H groups in total. The van der Waals surface area contributed by atoms with Crippen LogP contribution in [0, 0.1) is 58.2 Å². The third-order valence-electron chi connectivity index (χ3n) is 4.04. The molecular formula is C16H4CaF10O10S2. The Hall–Kier alpha value is -2.24. The Morgan fingerprint density at radius 2 is 0.641 bits per heavy atom. The minimum Gasteiger partial charge on any atom is -0.548 e. The molecule has 39 heavy (non-hydrogen) atoms. The van der Waals surface area contributed by atoms with E-state index in [4.69, 9.17) is 9.11 Å². The number of carbonyl (C=O) groups excluding carboxylic acids is 2. The fourth-order valence-electron chi connectivity index (χ4n) is 2.48. The molecule has 2 unspecified atom stereocenters. The summed E-state index contributed by atoms with van der Waals surface area (Å²) >= 11 is 0. The summed E-state index contributed by atoms with van der Waals surface area (Å²) in [5.41, 5.74) is -4.45. The second kappa shape index (κ2) is 13.0. The van der Waals surface area contributed by atoms with Crippen molar-refractivity contribution in [2.45, 2.75) is 10.5 Å². The maximum atomic E-state index is 13.2. The van der Waals surface area contributed by atoms with Crippen LogP contribution in [0.25, 0.3) is 0 Å². The first-order chi connectivity index (χ1) is 17.0. The van der Waals surface area contributed by atoms with Gasteiger partial charge in [-0.25, -0.2) is 43.9 Å². The summed E-state index contributed by atoms with van der Waals surface area (Å²) in [5, 5.41) is 14.0. The van der Waals surface area contributed by atoms with E-state index in [9.17, 15) is 80.5 Å². The Balaban J connectivity index is 0.000000722. The number of hydrogen-bond acceptors (Lipinski definition) is 8. The van der Waals surface area contributed by atoms with Crippen molar-refractivity contribution in [3.05, 3.63) is 69.3 Å². The normalized spacial score (nSPS) is 13.0. The molecule has 10 nitrogen and oxygen atoms in total. The predicted molar refractivity (Wildman–Crippen MR) is 96.8 cm³/mol. The van der Waals surface area contributed by atoms with E-state index in [1.807, 2.05) is 0 Å². The zero-order chi connectivity index (χ0) is 30.2. The molecule has 0 aliphatic rings. The fraction of sp³-hybridized carbons (Fsp3) is 0.125. The zero-order valence-corrected chi connectivity index (χ0v) is 21.5. The number of carboxylic acids is 2. The van der Waals surface area contributed by atoms with Crippen LogP contribution in [0.1, 0.15) is 21.6 Å². The SMILES string of the molecule is O=C([O-])C(c1c(F)c(F)c(F)c(F)c1F)S(=O)(=O)O.O=C([O-])C(c1c(F)c(F)c(F)c(F)c1F)S(=O)(=O)O.[Ca+2]. The molecule has 2 rings (SSSR count). The van der Waals surface area contributed by atoms with E-state index in [0.717, 1.165) is 0 Å². The van der Waals surface area contributed by atoms with Gasteiger partial charge in [0, 0.05) is 0 Å². The average molecular weight is 650 g/mol. The summed E-state index contributed by atoms with van der Waals surface area (Å²) in [7, 11) is -11.4. The van der Waals surface area contributed by atoms with Gasteiger partial charge >= 0.3 is 37.7 Å². The molecule has 2 atom stereocenters. The molecule has 212 valence electrons. The first kappa shape index (κ1) is 36.8. The van der Waals surface area contributed by atoms with Crippen LogP contribution in [0.2, 0.25) is 0 Å². The molecule has 0 saturated heterocycles. The molecule has 0 aromatic heterocycles. The number of hydrogen-bond donors (Lipinski definition) is 2. The van der Waals surface area contributed by atoms with E-state index in [2.05, 4.69) is 0 Å². The van der Waals surface area contributed by atoms with Gasteiger partial charge in [0.25, 0.3) is 20.2 Å². The zero-order valence-electron chi connectivity index (χ0n) is 17.6. The van der Waals surface area contributed by atoms with Crippen LogP contribution >= 0.6 is 0 Å².